The number of nitrogen functional groups attached to an aromatic ring is 1. The number of anilines is 2. The number of nitrogens with two attached hydrogens (primary N) is 1. The number of aromatic nitrogens is 3. The minimum absolute atomic E-state index is 0.201. The molecule has 2 aromatic carbocycles. The fraction of sp³-hybridized carbons (Fsp3) is 0.167. The van der Waals surface area contributed by atoms with Crippen LogP contribution in [0, 0.1) is 0 Å². The topological polar surface area (TPSA) is 135 Å². The Hall–Kier alpha value is -4.02. The number of hydrogen-bond acceptors (Lipinski definition) is 8. The summed E-state index contributed by atoms with van der Waals surface area (Å²) >= 11 is 12.6. The van der Waals surface area contributed by atoms with Gasteiger partial charge in [0.2, 0.25) is 5.96 Å². The predicted octanol–water partition coefficient (Wildman–Crippen LogP) is 4.15. The molecule has 12 heteroatoms. The lowest BCUT2D eigenvalue weighted by Crippen LogP contribution is -2.39. The van der Waals surface area contributed by atoms with Crippen LogP contribution < -0.4 is 21.7 Å². The Kier molecular flexibility index (Phi) is 6.29. The maximum Gasteiger partial charge on any atom is 0.302 e. The molecule has 5 N–H and O–H groups in total. The molecule has 1 unspecified atom stereocenters. The van der Waals surface area contributed by atoms with E-state index in [-0.39, 0.29) is 11.9 Å². The molecule has 1 aliphatic heterocycles. The third kappa shape index (κ3) is 4.73. The van der Waals surface area contributed by atoms with Gasteiger partial charge in [-0.25, -0.2) is 4.99 Å². The van der Waals surface area contributed by atoms with Crippen LogP contribution in [-0.4, -0.2) is 26.6 Å². The van der Waals surface area contributed by atoms with Crippen molar-refractivity contribution in [2.45, 2.75) is 19.5 Å². The lowest BCUT2D eigenvalue weighted by Gasteiger charge is -2.27. The number of fused-ring (bicyclic) bond motifs is 1. The van der Waals surface area contributed by atoms with Crippen LogP contribution >= 0.6 is 23.2 Å². The van der Waals surface area contributed by atoms with Gasteiger partial charge in [0.25, 0.3) is 5.91 Å². The fourth-order valence-corrected chi connectivity index (χ4v) is 4.46. The quantitative estimate of drug-likeness (QED) is 0.288. The van der Waals surface area contributed by atoms with E-state index in [0.29, 0.717) is 56.2 Å². The molecule has 0 fully saturated rings. The van der Waals surface area contributed by atoms with E-state index >= 15 is 0 Å². The molecule has 3 heterocycles. The van der Waals surface area contributed by atoms with Gasteiger partial charge in [-0.2, -0.15) is 10.1 Å². The van der Waals surface area contributed by atoms with E-state index in [1.54, 1.807) is 54.2 Å². The molecule has 1 amide bonds. The standard InChI is InChI=1S/C24H22Cl2N8O2/c1-12-19(22(35)28-9-13-10-29-34(2)11-13)20(15-7-6-14(25)8-16(15)26)32-23(30-12)33-24-31-18-5-3-4-17(27)21(18)36-24/h3-8,10-11,20H,9,27H2,1-2H3,(H,28,35)(H2,30,31,32,33). The lowest BCUT2D eigenvalue weighted by molar-refractivity contribution is -0.118. The Morgan fingerprint density at radius 1 is 1.28 bits per heavy atom. The normalized spacial score (nSPS) is 15.6. The second-order valence-electron chi connectivity index (χ2n) is 8.25. The zero-order valence-corrected chi connectivity index (χ0v) is 20.9. The number of carbonyl (C=O) groups is 1. The number of amides is 1. The predicted molar refractivity (Wildman–Crippen MR) is 140 cm³/mol. The number of allylic oxidation sites excluding steroid dienone is 1. The minimum Gasteiger partial charge on any atom is -0.421 e. The number of rotatable bonds is 5. The lowest BCUT2D eigenvalue weighted by atomic mass is 9.95. The van der Waals surface area contributed by atoms with Crippen molar-refractivity contribution in [3.8, 4) is 0 Å². The molecule has 1 atom stereocenters. The summed E-state index contributed by atoms with van der Waals surface area (Å²) in [5.74, 6) is 0.0368. The summed E-state index contributed by atoms with van der Waals surface area (Å²) in [4.78, 5) is 22.5. The van der Waals surface area contributed by atoms with Gasteiger partial charge in [0.1, 0.15) is 11.6 Å². The maximum absolute atomic E-state index is 13.3. The molecule has 0 bridgehead atoms. The minimum atomic E-state index is -0.720. The zero-order valence-electron chi connectivity index (χ0n) is 19.3. The summed E-state index contributed by atoms with van der Waals surface area (Å²) in [6.45, 7) is 2.10. The Labute approximate surface area is 216 Å². The summed E-state index contributed by atoms with van der Waals surface area (Å²) in [5.41, 5.74) is 10.0. The molecule has 0 radical (unpaired) electrons. The van der Waals surface area contributed by atoms with Crippen LogP contribution in [0.25, 0.3) is 11.1 Å². The molecule has 0 saturated carbocycles. The van der Waals surface area contributed by atoms with E-state index in [1.165, 1.54) is 0 Å². The molecule has 4 aromatic rings. The third-order valence-corrected chi connectivity index (χ3v) is 6.19. The average Bonchev–Trinajstić information content (AvgIpc) is 3.43. The zero-order chi connectivity index (χ0) is 25.4. The van der Waals surface area contributed by atoms with Crippen molar-refractivity contribution in [1.29, 1.82) is 0 Å². The number of para-hydroxylation sites is 1. The molecule has 36 heavy (non-hydrogen) atoms. The first kappa shape index (κ1) is 23.7. The highest BCUT2D eigenvalue weighted by Gasteiger charge is 2.31. The average molecular weight is 525 g/mol. The van der Waals surface area contributed by atoms with Crippen molar-refractivity contribution in [2.24, 2.45) is 12.0 Å². The van der Waals surface area contributed by atoms with Crippen LogP contribution in [0.5, 0.6) is 0 Å². The van der Waals surface area contributed by atoms with Crippen LogP contribution in [0.1, 0.15) is 24.1 Å². The summed E-state index contributed by atoms with van der Waals surface area (Å²) in [6, 6.07) is 9.88. The molecular weight excluding hydrogens is 503 g/mol. The van der Waals surface area contributed by atoms with Gasteiger partial charge >= 0.3 is 6.01 Å². The van der Waals surface area contributed by atoms with Crippen molar-refractivity contribution >= 4 is 57.9 Å². The molecule has 2 aromatic heterocycles. The second kappa shape index (κ2) is 9.56. The highest BCUT2D eigenvalue weighted by Crippen LogP contribution is 2.36. The highest BCUT2D eigenvalue weighted by atomic mass is 35.5. The molecule has 184 valence electrons. The Balaban J connectivity index is 1.47. The Morgan fingerprint density at radius 2 is 2.11 bits per heavy atom. The van der Waals surface area contributed by atoms with Gasteiger partial charge in [-0.1, -0.05) is 35.3 Å². The Morgan fingerprint density at radius 3 is 2.83 bits per heavy atom. The van der Waals surface area contributed by atoms with Gasteiger partial charge in [-0.05, 0) is 31.2 Å². The number of benzene rings is 2. The van der Waals surface area contributed by atoms with E-state index < -0.39 is 6.04 Å². The van der Waals surface area contributed by atoms with E-state index in [2.05, 4.69) is 26.0 Å². The molecule has 1 aliphatic rings. The van der Waals surface area contributed by atoms with Crippen LogP contribution in [0.15, 0.2) is 69.5 Å². The molecule has 0 saturated heterocycles. The summed E-state index contributed by atoms with van der Waals surface area (Å²) < 4.78 is 7.44. The fourth-order valence-electron chi connectivity index (χ4n) is 3.95. The SMILES string of the molecule is CC1=C(C(=O)NCc2cnn(C)c2)C(c2ccc(Cl)cc2Cl)N=C(Nc2nc3cccc(N)c3o2)N1. The smallest absolute Gasteiger partial charge is 0.302 e. The molecular formula is C24H22Cl2N8O2. The summed E-state index contributed by atoms with van der Waals surface area (Å²) in [7, 11) is 1.82. The van der Waals surface area contributed by atoms with Crippen LogP contribution in [0.2, 0.25) is 10.0 Å². The van der Waals surface area contributed by atoms with E-state index in [9.17, 15) is 4.79 Å². The van der Waals surface area contributed by atoms with Crippen molar-refractivity contribution in [3.63, 3.8) is 0 Å². The molecule has 0 spiro atoms. The van der Waals surface area contributed by atoms with Crippen LogP contribution in [-0.2, 0) is 18.4 Å². The number of halogens is 2. The van der Waals surface area contributed by atoms with Crippen molar-refractivity contribution < 1.29 is 9.21 Å². The van der Waals surface area contributed by atoms with E-state index in [0.717, 1.165) is 5.56 Å². The summed E-state index contributed by atoms with van der Waals surface area (Å²) in [6.07, 6.45) is 3.53. The van der Waals surface area contributed by atoms with Gasteiger partial charge in [-0.15, -0.1) is 0 Å². The highest BCUT2D eigenvalue weighted by molar-refractivity contribution is 6.35. The monoisotopic (exact) mass is 524 g/mol. The number of hydrogen-bond donors (Lipinski definition) is 4. The number of aliphatic imine (C=N–C) groups is 1. The van der Waals surface area contributed by atoms with Crippen LogP contribution in [0.3, 0.4) is 0 Å². The first-order chi connectivity index (χ1) is 17.3. The van der Waals surface area contributed by atoms with Crippen molar-refractivity contribution in [1.82, 2.24) is 25.4 Å². The van der Waals surface area contributed by atoms with Gasteiger partial charge in [0, 0.05) is 46.7 Å². The maximum atomic E-state index is 13.3. The number of carbonyl (C=O) groups excluding carboxylic acids is 1. The largest absolute Gasteiger partial charge is 0.421 e. The summed E-state index contributed by atoms with van der Waals surface area (Å²) in [5, 5.41) is 14.1. The molecule has 5 rings (SSSR count). The van der Waals surface area contributed by atoms with E-state index in [4.69, 9.17) is 38.3 Å². The van der Waals surface area contributed by atoms with Gasteiger partial charge in [0.15, 0.2) is 5.58 Å². The first-order valence-corrected chi connectivity index (χ1v) is 11.7. The van der Waals surface area contributed by atoms with Gasteiger partial charge in [-0.3, -0.25) is 14.8 Å². The number of oxazole rings is 1. The second-order valence-corrected chi connectivity index (χ2v) is 9.10. The van der Waals surface area contributed by atoms with Crippen molar-refractivity contribution in [2.75, 3.05) is 11.1 Å². The molecule has 10 nitrogen and oxygen atoms in total. The van der Waals surface area contributed by atoms with Gasteiger partial charge < -0.3 is 20.8 Å². The first-order valence-electron chi connectivity index (χ1n) is 11.0. The van der Waals surface area contributed by atoms with Gasteiger partial charge in [0.05, 0.1) is 17.5 Å². The third-order valence-electron chi connectivity index (χ3n) is 5.63. The van der Waals surface area contributed by atoms with Crippen molar-refractivity contribution in [3.05, 3.63) is 81.2 Å². The van der Waals surface area contributed by atoms with E-state index in [1.807, 2.05) is 13.2 Å². The number of aryl methyl sites for hydroxylation is 1. The van der Waals surface area contributed by atoms with Crippen LogP contribution in [0.4, 0.5) is 11.7 Å². The Bertz CT molecular complexity index is 1540. The number of guanidine groups is 1. The number of nitrogens with zero attached hydrogens (tertiary/aromatic N) is 4. The number of nitrogens with one attached hydrogen (secondary N) is 3. The molecule has 0 aliphatic carbocycles.